The van der Waals surface area contributed by atoms with Gasteiger partial charge in [-0.25, -0.2) is 0 Å². The van der Waals surface area contributed by atoms with Crippen molar-refractivity contribution in [2.45, 2.75) is 58.8 Å². The van der Waals surface area contributed by atoms with Gasteiger partial charge in [-0.3, -0.25) is 9.59 Å². The number of benzene rings is 1. The van der Waals surface area contributed by atoms with Gasteiger partial charge in [0.25, 0.3) is 0 Å². The lowest BCUT2D eigenvalue weighted by Crippen LogP contribution is -2.34. The molecule has 0 saturated heterocycles. The Morgan fingerprint density at radius 2 is 1.76 bits per heavy atom. The molecule has 0 aliphatic rings. The van der Waals surface area contributed by atoms with Crippen molar-refractivity contribution >= 4 is 11.9 Å². The molecule has 0 fully saturated rings. The third kappa shape index (κ3) is 7.88. The number of rotatable bonds is 8. The van der Waals surface area contributed by atoms with Crippen LogP contribution in [0.15, 0.2) is 43.0 Å². The highest BCUT2D eigenvalue weighted by Gasteiger charge is 2.27. The first-order valence-electron chi connectivity index (χ1n) is 8.39. The highest BCUT2D eigenvalue weighted by Crippen LogP contribution is 2.17. The van der Waals surface area contributed by atoms with Gasteiger partial charge in [0.1, 0.15) is 17.5 Å². The van der Waals surface area contributed by atoms with Gasteiger partial charge >= 0.3 is 11.9 Å². The van der Waals surface area contributed by atoms with Gasteiger partial charge in [0.15, 0.2) is 6.10 Å². The molecule has 0 N–H and O–H groups in total. The van der Waals surface area contributed by atoms with Gasteiger partial charge in [0, 0.05) is 0 Å². The predicted octanol–water partition coefficient (Wildman–Crippen LogP) is 3.92. The number of para-hydroxylation sites is 1. The van der Waals surface area contributed by atoms with E-state index in [0.29, 0.717) is 5.75 Å². The maximum absolute atomic E-state index is 12.2. The number of hydrogen-bond donors (Lipinski definition) is 0. The van der Waals surface area contributed by atoms with Gasteiger partial charge in [-0.2, -0.15) is 0 Å². The lowest BCUT2D eigenvalue weighted by molar-refractivity contribution is -0.163. The number of carbonyl (C=O) groups excluding carboxylic acids is 2. The summed E-state index contributed by atoms with van der Waals surface area (Å²) in [5.41, 5.74) is -0.581. The van der Waals surface area contributed by atoms with Crippen LogP contribution in [0, 0.1) is 5.92 Å². The number of hydrogen-bond acceptors (Lipinski definition) is 5. The van der Waals surface area contributed by atoms with E-state index in [1.807, 2.05) is 30.3 Å². The first-order valence-corrected chi connectivity index (χ1v) is 8.39. The van der Waals surface area contributed by atoms with E-state index in [4.69, 9.17) is 14.2 Å². The van der Waals surface area contributed by atoms with Crippen molar-refractivity contribution < 1.29 is 23.8 Å². The van der Waals surface area contributed by atoms with Crippen LogP contribution in [0.1, 0.15) is 41.0 Å². The van der Waals surface area contributed by atoms with E-state index in [1.165, 1.54) is 6.08 Å². The minimum absolute atomic E-state index is 0.0338. The molecule has 25 heavy (non-hydrogen) atoms. The fourth-order valence-electron chi connectivity index (χ4n) is 2.08. The van der Waals surface area contributed by atoms with E-state index in [0.717, 1.165) is 0 Å². The van der Waals surface area contributed by atoms with Gasteiger partial charge in [-0.15, -0.1) is 0 Å². The average molecular weight is 348 g/mol. The summed E-state index contributed by atoms with van der Waals surface area (Å²) in [5.74, 6) is -0.846. The lowest BCUT2D eigenvalue weighted by Gasteiger charge is -2.24. The SMILES string of the molecule is C=C[C@H](OC(=O)[C@H](C)CC(=O)OC(C)(C)C)[C@H](C)Oc1ccccc1. The first-order chi connectivity index (χ1) is 11.6. The zero-order valence-corrected chi connectivity index (χ0v) is 15.7. The largest absolute Gasteiger partial charge is 0.487 e. The second kappa shape index (κ2) is 9.25. The summed E-state index contributed by atoms with van der Waals surface area (Å²) in [6, 6.07) is 9.26. The Balaban J connectivity index is 2.56. The molecule has 0 aromatic heterocycles. The molecule has 0 bridgehead atoms. The Hall–Kier alpha value is -2.30. The number of ether oxygens (including phenoxy) is 3. The third-order valence-corrected chi connectivity index (χ3v) is 3.31. The molecule has 138 valence electrons. The third-order valence-electron chi connectivity index (χ3n) is 3.31. The molecule has 0 heterocycles. The van der Waals surface area contributed by atoms with E-state index in [-0.39, 0.29) is 6.42 Å². The lowest BCUT2D eigenvalue weighted by atomic mass is 10.1. The highest BCUT2D eigenvalue weighted by atomic mass is 16.6. The summed E-state index contributed by atoms with van der Waals surface area (Å²) in [6.07, 6.45) is 0.464. The fraction of sp³-hybridized carbons (Fsp3) is 0.500. The standard InChI is InChI=1S/C20H28O5/c1-7-17(15(3)23-16-11-9-8-10-12-16)24-19(22)14(2)13-18(21)25-20(4,5)6/h7-12,14-15,17H,1,13H2,2-6H3/t14-,15+,17+/m1/s1. The summed E-state index contributed by atoms with van der Waals surface area (Å²) >= 11 is 0. The van der Waals surface area contributed by atoms with Crippen LogP contribution >= 0.6 is 0 Å². The van der Waals surface area contributed by atoms with Crippen molar-refractivity contribution in [3.05, 3.63) is 43.0 Å². The van der Waals surface area contributed by atoms with Gasteiger partial charge in [0.2, 0.25) is 0 Å². The van der Waals surface area contributed by atoms with Crippen molar-refractivity contribution in [2.24, 2.45) is 5.92 Å². The van der Waals surface area contributed by atoms with Gasteiger partial charge in [-0.05, 0) is 45.9 Å². The molecule has 1 rings (SSSR count). The van der Waals surface area contributed by atoms with E-state index in [2.05, 4.69) is 6.58 Å². The monoisotopic (exact) mass is 348 g/mol. The minimum Gasteiger partial charge on any atom is -0.487 e. The zero-order chi connectivity index (χ0) is 19.0. The number of esters is 2. The number of carbonyl (C=O) groups is 2. The van der Waals surface area contributed by atoms with Crippen molar-refractivity contribution in [2.75, 3.05) is 0 Å². The van der Waals surface area contributed by atoms with Crippen LogP contribution in [-0.2, 0) is 19.1 Å². The second-order valence-electron chi connectivity index (χ2n) is 6.96. The van der Waals surface area contributed by atoms with Crippen molar-refractivity contribution in [3.63, 3.8) is 0 Å². The van der Waals surface area contributed by atoms with Crippen LogP contribution < -0.4 is 4.74 Å². The molecule has 0 spiro atoms. The van der Waals surface area contributed by atoms with Crippen LogP contribution in [0.4, 0.5) is 0 Å². The summed E-state index contributed by atoms with van der Waals surface area (Å²) in [7, 11) is 0. The molecular weight excluding hydrogens is 320 g/mol. The zero-order valence-electron chi connectivity index (χ0n) is 15.7. The Kier molecular flexibility index (Phi) is 7.68. The molecule has 0 aliphatic heterocycles. The smallest absolute Gasteiger partial charge is 0.309 e. The molecule has 5 heteroatoms. The van der Waals surface area contributed by atoms with Crippen LogP contribution in [0.5, 0.6) is 5.75 Å². The molecule has 3 atom stereocenters. The quantitative estimate of drug-likeness (QED) is 0.526. The maximum atomic E-state index is 12.2. The van der Waals surface area contributed by atoms with E-state index >= 15 is 0 Å². The Bertz CT molecular complexity index is 573. The molecule has 0 unspecified atom stereocenters. The fourth-order valence-corrected chi connectivity index (χ4v) is 2.08. The van der Waals surface area contributed by atoms with E-state index in [1.54, 1.807) is 34.6 Å². The molecule has 5 nitrogen and oxygen atoms in total. The summed E-state index contributed by atoms with van der Waals surface area (Å²) in [6.45, 7) is 12.5. The summed E-state index contributed by atoms with van der Waals surface area (Å²) in [4.78, 5) is 24.1. The predicted molar refractivity (Wildman–Crippen MR) is 96.2 cm³/mol. The highest BCUT2D eigenvalue weighted by molar-refractivity contribution is 5.80. The van der Waals surface area contributed by atoms with E-state index in [9.17, 15) is 9.59 Å². The molecular formula is C20H28O5. The molecule has 1 aromatic rings. The van der Waals surface area contributed by atoms with Gasteiger partial charge in [-0.1, -0.05) is 31.7 Å². The maximum Gasteiger partial charge on any atom is 0.309 e. The molecule has 0 aliphatic carbocycles. The Labute approximate surface area is 150 Å². The van der Waals surface area contributed by atoms with Gasteiger partial charge in [0.05, 0.1) is 12.3 Å². The minimum atomic E-state index is -0.617. The summed E-state index contributed by atoms with van der Waals surface area (Å²) in [5, 5.41) is 0. The molecule has 0 saturated carbocycles. The van der Waals surface area contributed by atoms with Crippen LogP contribution in [0.3, 0.4) is 0 Å². The molecule has 1 aromatic carbocycles. The topological polar surface area (TPSA) is 61.8 Å². The van der Waals surface area contributed by atoms with Crippen molar-refractivity contribution in [3.8, 4) is 5.75 Å². The van der Waals surface area contributed by atoms with Gasteiger partial charge < -0.3 is 14.2 Å². The molecule has 0 amide bonds. The van der Waals surface area contributed by atoms with Crippen molar-refractivity contribution in [1.29, 1.82) is 0 Å². The molecule has 0 radical (unpaired) electrons. The Morgan fingerprint density at radius 3 is 2.28 bits per heavy atom. The van der Waals surface area contributed by atoms with Crippen molar-refractivity contribution in [1.82, 2.24) is 0 Å². The Morgan fingerprint density at radius 1 is 1.16 bits per heavy atom. The normalized spacial score (nSPS) is 14.8. The van der Waals surface area contributed by atoms with Crippen LogP contribution in [0.2, 0.25) is 0 Å². The first kappa shape index (κ1) is 20.7. The van der Waals surface area contributed by atoms with Crippen LogP contribution in [0.25, 0.3) is 0 Å². The summed E-state index contributed by atoms with van der Waals surface area (Å²) < 4.78 is 16.4. The van der Waals surface area contributed by atoms with E-state index < -0.39 is 35.7 Å². The van der Waals surface area contributed by atoms with Crippen LogP contribution in [-0.4, -0.2) is 29.7 Å². The average Bonchev–Trinajstić information content (AvgIpc) is 2.51. The second-order valence-corrected chi connectivity index (χ2v) is 6.96.